The maximum atomic E-state index is 12.1. The zero-order valence-corrected chi connectivity index (χ0v) is 19.0. The molecule has 0 saturated carbocycles. The summed E-state index contributed by atoms with van der Waals surface area (Å²) in [5.74, 6) is 1.33. The number of benzene rings is 1. The Balaban J connectivity index is 1.51. The fraction of sp³-hybridized carbons (Fsp3) is 0.478. The van der Waals surface area contributed by atoms with Crippen LogP contribution in [0.3, 0.4) is 0 Å². The van der Waals surface area contributed by atoms with Crippen LogP contribution in [0.4, 0.5) is 21.1 Å². The highest BCUT2D eigenvalue weighted by Gasteiger charge is 2.51. The predicted octanol–water partition coefficient (Wildman–Crippen LogP) is 1.93. The zero-order valence-electron chi connectivity index (χ0n) is 19.0. The number of nitrogens with one attached hydrogen (secondary N) is 2. The Kier molecular flexibility index (Phi) is 5.96. The molecule has 34 heavy (non-hydrogen) atoms. The third-order valence-electron chi connectivity index (χ3n) is 6.48. The number of morpholine rings is 1. The number of carbonyl (C=O) groups excluding carboxylic acids is 1. The second kappa shape index (κ2) is 9.07. The molecule has 11 heteroatoms. The Morgan fingerprint density at radius 2 is 1.85 bits per heavy atom. The van der Waals surface area contributed by atoms with Gasteiger partial charge in [0.2, 0.25) is 0 Å². The average Bonchev–Trinajstić information content (AvgIpc) is 2.82. The summed E-state index contributed by atoms with van der Waals surface area (Å²) in [6, 6.07) is 7.12. The lowest BCUT2D eigenvalue weighted by atomic mass is 9.83. The van der Waals surface area contributed by atoms with Gasteiger partial charge in [-0.3, -0.25) is 4.90 Å². The Morgan fingerprint density at radius 1 is 1.12 bits per heavy atom. The van der Waals surface area contributed by atoms with E-state index in [9.17, 15) is 14.7 Å². The van der Waals surface area contributed by atoms with Crippen molar-refractivity contribution >= 4 is 23.6 Å². The summed E-state index contributed by atoms with van der Waals surface area (Å²) >= 11 is 0. The third-order valence-corrected chi connectivity index (χ3v) is 6.48. The summed E-state index contributed by atoms with van der Waals surface area (Å²) < 4.78 is 10.9. The quantitative estimate of drug-likeness (QED) is 0.621. The SMILES string of the molecule is CCNC(=O)Nc1ccc(-c2nc3c(c(N4CCOCC4)n2)CN(C(=O)O)C2(COC2)C3)cc1. The molecule has 0 bridgehead atoms. The number of amides is 3. The van der Waals surface area contributed by atoms with Crippen LogP contribution in [0.1, 0.15) is 18.2 Å². The maximum absolute atomic E-state index is 12.1. The summed E-state index contributed by atoms with van der Waals surface area (Å²) in [4.78, 5) is 37.3. The molecule has 0 atom stereocenters. The van der Waals surface area contributed by atoms with Gasteiger partial charge in [0.1, 0.15) is 5.82 Å². The summed E-state index contributed by atoms with van der Waals surface area (Å²) in [5.41, 5.74) is 2.62. The monoisotopic (exact) mass is 468 g/mol. The minimum Gasteiger partial charge on any atom is -0.465 e. The molecule has 3 aliphatic rings. The highest BCUT2D eigenvalue weighted by molar-refractivity contribution is 5.89. The summed E-state index contributed by atoms with van der Waals surface area (Å²) in [6.45, 7) is 5.91. The van der Waals surface area contributed by atoms with E-state index in [0.29, 0.717) is 64.0 Å². The molecule has 11 nitrogen and oxygen atoms in total. The van der Waals surface area contributed by atoms with Crippen LogP contribution in [-0.4, -0.2) is 83.7 Å². The van der Waals surface area contributed by atoms with Gasteiger partial charge in [-0.2, -0.15) is 0 Å². The van der Waals surface area contributed by atoms with Crippen molar-refractivity contribution in [1.82, 2.24) is 20.2 Å². The fourth-order valence-corrected chi connectivity index (χ4v) is 4.63. The number of urea groups is 1. The Bertz CT molecular complexity index is 1080. The van der Waals surface area contributed by atoms with Gasteiger partial charge >= 0.3 is 12.1 Å². The third kappa shape index (κ3) is 4.12. The minimum absolute atomic E-state index is 0.233. The van der Waals surface area contributed by atoms with Crippen molar-refractivity contribution in [2.75, 3.05) is 56.3 Å². The van der Waals surface area contributed by atoms with E-state index >= 15 is 0 Å². The van der Waals surface area contributed by atoms with E-state index in [4.69, 9.17) is 19.4 Å². The second-order valence-corrected chi connectivity index (χ2v) is 8.72. The van der Waals surface area contributed by atoms with Crippen LogP contribution in [-0.2, 0) is 22.4 Å². The molecule has 4 heterocycles. The van der Waals surface area contributed by atoms with E-state index in [1.807, 2.05) is 31.2 Å². The first kappa shape index (κ1) is 22.4. The molecular weight excluding hydrogens is 440 g/mol. The first-order valence-electron chi connectivity index (χ1n) is 11.5. The van der Waals surface area contributed by atoms with Crippen molar-refractivity contribution in [2.24, 2.45) is 0 Å². The predicted molar refractivity (Wildman–Crippen MR) is 124 cm³/mol. The summed E-state index contributed by atoms with van der Waals surface area (Å²) in [7, 11) is 0. The highest BCUT2D eigenvalue weighted by Crippen LogP contribution is 2.39. The van der Waals surface area contributed by atoms with Crippen LogP contribution in [0, 0.1) is 0 Å². The van der Waals surface area contributed by atoms with Crippen molar-refractivity contribution in [3.05, 3.63) is 35.5 Å². The lowest BCUT2D eigenvalue weighted by Crippen LogP contribution is -2.66. The molecule has 3 aliphatic heterocycles. The molecule has 1 spiro atoms. The molecular formula is C23H28N6O5. The van der Waals surface area contributed by atoms with Gasteiger partial charge in [0.25, 0.3) is 0 Å². The molecule has 0 unspecified atom stereocenters. The number of aromatic nitrogens is 2. The topological polar surface area (TPSA) is 129 Å². The van der Waals surface area contributed by atoms with E-state index in [1.54, 1.807) is 0 Å². The van der Waals surface area contributed by atoms with Gasteiger partial charge in [-0.05, 0) is 31.2 Å². The number of nitrogens with zero attached hydrogens (tertiary/aromatic N) is 4. The van der Waals surface area contributed by atoms with E-state index < -0.39 is 11.6 Å². The molecule has 180 valence electrons. The Morgan fingerprint density at radius 3 is 2.47 bits per heavy atom. The first-order valence-corrected chi connectivity index (χ1v) is 11.5. The molecule has 2 fully saturated rings. The second-order valence-electron chi connectivity index (χ2n) is 8.72. The molecule has 3 amide bonds. The number of fused-ring (bicyclic) bond motifs is 1. The van der Waals surface area contributed by atoms with Gasteiger partial charge in [0.15, 0.2) is 5.82 Å². The van der Waals surface area contributed by atoms with Crippen molar-refractivity contribution in [1.29, 1.82) is 0 Å². The molecule has 1 aromatic heterocycles. The van der Waals surface area contributed by atoms with Crippen LogP contribution in [0.2, 0.25) is 0 Å². The lowest BCUT2D eigenvalue weighted by Gasteiger charge is -2.51. The van der Waals surface area contributed by atoms with Gasteiger partial charge in [-0.15, -0.1) is 0 Å². The van der Waals surface area contributed by atoms with Crippen LogP contribution in [0.15, 0.2) is 24.3 Å². The number of hydrogen-bond donors (Lipinski definition) is 3. The molecule has 1 aromatic carbocycles. The lowest BCUT2D eigenvalue weighted by molar-refractivity contribution is -0.136. The molecule has 3 N–H and O–H groups in total. The normalized spacial score (nSPS) is 18.7. The van der Waals surface area contributed by atoms with Crippen LogP contribution < -0.4 is 15.5 Å². The van der Waals surface area contributed by atoms with Gasteiger partial charge in [0, 0.05) is 42.9 Å². The minimum atomic E-state index is -0.957. The molecule has 5 rings (SSSR count). The Hall–Kier alpha value is -3.44. The molecule has 2 saturated heterocycles. The molecule has 0 radical (unpaired) electrons. The van der Waals surface area contributed by atoms with E-state index in [1.165, 1.54) is 4.90 Å². The number of anilines is 2. The van der Waals surface area contributed by atoms with Crippen molar-refractivity contribution < 1.29 is 24.2 Å². The van der Waals surface area contributed by atoms with Gasteiger partial charge in [0.05, 0.1) is 44.2 Å². The number of hydrogen-bond acceptors (Lipinski definition) is 7. The summed E-state index contributed by atoms with van der Waals surface area (Å²) in [6.07, 6.45) is -0.473. The van der Waals surface area contributed by atoms with Crippen molar-refractivity contribution in [3.8, 4) is 11.4 Å². The first-order chi connectivity index (χ1) is 16.5. The smallest absolute Gasteiger partial charge is 0.408 e. The van der Waals surface area contributed by atoms with E-state index in [0.717, 1.165) is 22.6 Å². The van der Waals surface area contributed by atoms with E-state index in [2.05, 4.69) is 15.5 Å². The molecule has 0 aliphatic carbocycles. The fourth-order valence-electron chi connectivity index (χ4n) is 4.63. The average molecular weight is 469 g/mol. The maximum Gasteiger partial charge on any atom is 0.408 e. The van der Waals surface area contributed by atoms with Crippen LogP contribution in [0.5, 0.6) is 0 Å². The molecule has 2 aromatic rings. The van der Waals surface area contributed by atoms with Crippen LogP contribution in [0.25, 0.3) is 11.4 Å². The van der Waals surface area contributed by atoms with Crippen molar-refractivity contribution in [3.63, 3.8) is 0 Å². The highest BCUT2D eigenvalue weighted by atomic mass is 16.5. The number of carboxylic acid groups (broad SMARTS) is 1. The van der Waals surface area contributed by atoms with E-state index in [-0.39, 0.29) is 12.6 Å². The number of ether oxygens (including phenoxy) is 2. The van der Waals surface area contributed by atoms with Crippen LogP contribution >= 0.6 is 0 Å². The van der Waals surface area contributed by atoms with Crippen molar-refractivity contribution in [2.45, 2.75) is 25.4 Å². The number of rotatable bonds is 4. The Labute approximate surface area is 197 Å². The van der Waals surface area contributed by atoms with Gasteiger partial charge in [-0.1, -0.05) is 0 Å². The van der Waals surface area contributed by atoms with Gasteiger partial charge < -0.3 is 30.1 Å². The largest absolute Gasteiger partial charge is 0.465 e. The van der Waals surface area contributed by atoms with Gasteiger partial charge in [-0.25, -0.2) is 19.6 Å². The summed E-state index contributed by atoms with van der Waals surface area (Å²) in [5, 5.41) is 15.4. The standard InChI is InChI=1S/C23H28N6O5/c1-2-24-21(30)25-16-5-3-15(4-6-16)19-26-18-11-23(13-34-14-23)29(22(31)32)12-17(18)20(27-19)28-7-9-33-10-8-28/h3-6H,2,7-14H2,1H3,(H,31,32)(H2,24,25,30). The zero-order chi connectivity index (χ0) is 23.7. The number of carbonyl (C=O) groups is 2.